The van der Waals surface area contributed by atoms with Crippen molar-refractivity contribution in [2.75, 3.05) is 24.5 Å². The predicted molar refractivity (Wildman–Crippen MR) is 72.7 cm³/mol. The van der Waals surface area contributed by atoms with Gasteiger partial charge in [0.2, 0.25) is 0 Å². The van der Waals surface area contributed by atoms with Crippen LogP contribution in [-0.4, -0.2) is 42.5 Å². The van der Waals surface area contributed by atoms with E-state index >= 15 is 0 Å². The number of carbonyl (C=O) groups is 2. The summed E-state index contributed by atoms with van der Waals surface area (Å²) in [5.74, 6) is -1.19. The van der Waals surface area contributed by atoms with Crippen LogP contribution < -0.4 is 10.2 Å². The lowest BCUT2D eigenvalue weighted by molar-refractivity contribution is -0.114. The third-order valence-corrected chi connectivity index (χ3v) is 3.19. The maximum absolute atomic E-state index is 11.9. The Hall–Kier alpha value is -1.43. The molecule has 0 aromatic heterocycles. The second-order valence-corrected chi connectivity index (χ2v) is 4.80. The topological polar surface area (TPSA) is 69.6 Å². The average Bonchev–Trinajstić information content (AvgIpc) is 2.61. The minimum atomic E-state index is -0.724. The van der Waals surface area contributed by atoms with Gasteiger partial charge in [0.05, 0.1) is 23.9 Å². The van der Waals surface area contributed by atoms with Gasteiger partial charge in [0, 0.05) is 11.6 Å². The molecule has 1 aromatic carbocycles. The number of rotatable bonds is 5. The van der Waals surface area contributed by atoms with Gasteiger partial charge >= 0.3 is 0 Å². The number of anilines is 1. The van der Waals surface area contributed by atoms with Crippen LogP contribution in [0.1, 0.15) is 17.3 Å². The third kappa shape index (κ3) is 2.78. The van der Waals surface area contributed by atoms with Crippen LogP contribution in [0.4, 0.5) is 5.69 Å². The Morgan fingerprint density at radius 3 is 2.84 bits per heavy atom. The van der Waals surface area contributed by atoms with Crippen LogP contribution in [0.2, 0.25) is 5.02 Å². The Labute approximate surface area is 116 Å². The summed E-state index contributed by atoms with van der Waals surface area (Å²) in [4.78, 5) is 25.0. The number of amides is 1. The summed E-state index contributed by atoms with van der Waals surface area (Å²) in [7, 11) is 0. The SMILES string of the molecule is CCNCC(O)CN1C(=O)C(=O)c2cc(Cl)ccc21. The van der Waals surface area contributed by atoms with Crippen molar-refractivity contribution >= 4 is 29.0 Å². The molecule has 2 N–H and O–H groups in total. The van der Waals surface area contributed by atoms with Gasteiger partial charge in [-0.1, -0.05) is 18.5 Å². The number of fused-ring (bicyclic) bond motifs is 1. The number of benzene rings is 1. The van der Waals surface area contributed by atoms with Crippen molar-refractivity contribution in [2.45, 2.75) is 13.0 Å². The molecule has 19 heavy (non-hydrogen) atoms. The summed E-state index contributed by atoms with van der Waals surface area (Å²) in [6.07, 6.45) is -0.724. The molecule has 102 valence electrons. The van der Waals surface area contributed by atoms with Crippen molar-refractivity contribution in [3.05, 3.63) is 28.8 Å². The highest BCUT2D eigenvalue weighted by atomic mass is 35.5. The summed E-state index contributed by atoms with van der Waals surface area (Å²) in [6, 6.07) is 4.73. The molecule has 0 radical (unpaired) electrons. The van der Waals surface area contributed by atoms with Crippen LogP contribution in [0.5, 0.6) is 0 Å². The van der Waals surface area contributed by atoms with E-state index in [1.165, 1.54) is 11.0 Å². The number of hydrogen-bond donors (Lipinski definition) is 2. The van der Waals surface area contributed by atoms with E-state index < -0.39 is 17.8 Å². The predicted octanol–water partition coefficient (Wildman–Crippen LogP) is 0.840. The van der Waals surface area contributed by atoms with E-state index in [0.717, 1.165) is 6.54 Å². The zero-order valence-electron chi connectivity index (χ0n) is 10.5. The van der Waals surface area contributed by atoms with Crippen LogP contribution >= 0.6 is 11.6 Å². The fourth-order valence-electron chi connectivity index (χ4n) is 2.04. The highest BCUT2D eigenvalue weighted by molar-refractivity contribution is 6.52. The second-order valence-electron chi connectivity index (χ2n) is 4.37. The first-order valence-corrected chi connectivity index (χ1v) is 6.47. The van der Waals surface area contributed by atoms with Crippen molar-refractivity contribution in [3.8, 4) is 0 Å². The monoisotopic (exact) mass is 282 g/mol. The first-order chi connectivity index (χ1) is 9.04. The van der Waals surface area contributed by atoms with Gasteiger partial charge < -0.3 is 15.3 Å². The maximum Gasteiger partial charge on any atom is 0.299 e. The number of nitrogens with one attached hydrogen (secondary N) is 1. The first kappa shape index (κ1) is 14.0. The van der Waals surface area contributed by atoms with Crippen LogP contribution in [0.25, 0.3) is 0 Å². The van der Waals surface area contributed by atoms with E-state index in [0.29, 0.717) is 22.8 Å². The molecule has 0 spiro atoms. The summed E-state index contributed by atoms with van der Waals surface area (Å²) < 4.78 is 0. The molecule has 1 heterocycles. The molecule has 1 aliphatic heterocycles. The zero-order chi connectivity index (χ0) is 14.0. The number of nitrogens with zero attached hydrogens (tertiary/aromatic N) is 1. The maximum atomic E-state index is 11.9. The molecule has 2 rings (SSSR count). The van der Waals surface area contributed by atoms with E-state index in [-0.39, 0.29) is 6.54 Å². The molecule has 1 amide bonds. The molecular weight excluding hydrogens is 268 g/mol. The smallest absolute Gasteiger partial charge is 0.299 e. The number of ketones is 1. The fraction of sp³-hybridized carbons (Fsp3) is 0.385. The molecule has 5 nitrogen and oxygen atoms in total. The number of Topliss-reactive ketones (excluding diaryl/α,β-unsaturated/α-hetero) is 1. The molecule has 6 heteroatoms. The molecular formula is C13H15ClN2O3. The van der Waals surface area contributed by atoms with Gasteiger partial charge in [-0.25, -0.2) is 0 Å². The number of hydrogen-bond acceptors (Lipinski definition) is 4. The number of aliphatic hydroxyl groups excluding tert-OH is 1. The molecule has 0 fully saturated rings. The van der Waals surface area contributed by atoms with Crippen LogP contribution in [0, 0.1) is 0 Å². The van der Waals surface area contributed by atoms with Crippen molar-refractivity contribution in [1.82, 2.24) is 5.32 Å². The summed E-state index contributed by atoms with van der Waals surface area (Å²) in [5.41, 5.74) is 0.808. The zero-order valence-corrected chi connectivity index (χ0v) is 11.3. The minimum Gasteiger partial charge on any atom is -0.390 e. The van der Waals surface area contributed by atoms with Crippen LogP contribution in [-0.2, 0) is 4.79 Å². The largest absolute Gasteiger partial charge is 0.390 e. The lowest BCUT2D eigenvalue weighted by atomic mass is 10.1. The van der Waals surface area contributed by atoms with Crippen LogP contribution in [0.3, 0.4) is 0 Å². The van der Waals surface area contributed by atoms with E-state index in [9.17, 15) is 14.7 Å². The van der Waals surface area contributed by atoms with Gasteiger partial charge in [0.15, 0.2) is 0 Å². The quantitative estimate of drug-likeness (QED) is 0.785. The number of aliphatic hydroxyl groups is 1. The van der Waals surface area contributed by atoms with Crippen molar-refractivity contribution in [1.29, 1.82) is 0 Å². The highest BCUT2D eigenvalue weighted by Gasteiger charge is 2.36. The number of likely N-dealkylation sites (N-methyl/N-ethyl adjacent to an activating group) is 1. The Bertz CT molecular complexity index is 519. The van der Waals surface area contributed by atoms with Gasteiger partial charge in [-0.05, 0) is 24.7 Å². The third-order valence-electron chi connectivity index (χ3n) is 2.96. The van der Waals surface area contributed by atoms with Crippen molar-refractivity contribution in [3.63, 3.8) is 0 Å². The van der Waals surface area contributed by atoms with E-state index in [4.69, 9.17) is 11.6 Å². The number of halogens is 1. The Kier molecular flexibility index (Phi) is 4.19. The summed E-state index contributed by atoms with van der Waals surface area (Å²) in [6.45, 7) is 3.12. The molecule has 1 atom stereocenters. The molecule has 0 saturated heterocycles. The molecule has 1 aromatic rings. The van der Waals surface area contributed by atoms with Crippen molar-refractivity contribution in [2.24, 2.45) is 0 Å². The first-order valence-electron chi connectivity index (χ1n) is 6.09. The Balaban J connectivity index is 2.19. The van der Waals surface area contributed by atoms with Gasteiger partial charge in [0.25, 0.3) is 11.7 Å². The molecule has 0 aliphatic carbocycles. The normalized spacial score (nSPS) is 15.8. The van der Waals surface area contributed by atoms with Crippen LogP contribution in [0.15, 0.2) is 18.2 Å². The van der Waals surface area contributed by atoms with Crippen molar-refractivity contribution < 1.29 is 14.7 Å². The van der Waals surface area contributed by atoms with Gasteiger partial charge in [0.1, 0.15) is 0 Å². The highest BCUT2D eigenvalue weighted by Crippen LogP contribution is 2.31. The van der Waals surface area contributed by atoms with E-state index in [1.807, 2.05) is 6.92 Å². The molecule has 0 bridgehead atoms. The summed E-state index contributed by atoms with van der Waals surface area (Å²) >= 11 is 5.82. The average molecular weight is 283 g/mol. The van der Waals surface area contributed by atoms with E-state index in [1.54, 1.807) is 12.1 Å². The molecule has 1 aliphatic rings. The summed E-state index contributed by atoms with van der Waals surface area (Å²) in [5, 5.41) is 13.2. The van der Waals surface area contributed by atoms with Gasteiger partial charge in [-0.2, -0.15) is 0 Å². The molecule has 1 unspecified atom stereocenters. The number of β-amino-alcohol motifs (C(OH)–C–C–N with tert-alkyl or cyclic N) is 1. The lowest BCUT2D eigenvalue weighted by Gasteiger charge is -2.20. The second kappa shape index (κ2) is 5.69. The Morgan fingerprint density at radius 1 is 1.42 bits per heavy atom. The standard InChI is InChI=1S/C13H15ClN2O3/c1-2-15-6-9(17)7-16-11-4-3-8(14)5-10(11)12(18)13(16)19/h3-5,9,15,17H,2,6-7H2,1H3. The molecule has 0 saturated carbocycles. The van der Waals surface area contributed by atoms with E-state index in [2.05, 4.69) is 5.32 Å². The Morgan fingerprint density at radius 2 is 2.16 bits per heavy atom. The van der Waals surface area contributed by atoms with Gasteiger partial charge in [-0.15, -0.1) is 0 Å². The minimum absolute atomic E-state index is 0.0895. The fourth-order valence-corrected chi connectivity index (χ4v) is 2.21. The lowest BCUT2D eigenvalue weighted by Crippen LogP contribution is -2.40. The number of carbonyl (C=O) groups excluding carboxylic acids is 2. The van der Waals surface area contributed by atoms with Gasteiger partial charge in [-0.3, -0.25) is 9.59 Å².